The Hall–Kier alpha value is -7.04. The second kappa shape index (κ2) is 10.3. The number of furan rings is 1. The van der Waals surface area contributed by atoms with Gasteiger partial charge >= 0.3 is 0 Å². The van der Waals surface area contributed by atoms with Crippen molar-refractivity contribution in [2.75, 3.05) is 0 Å². The van der Waals surface area contributed by atoms with Gasteiger partial charge in [-0.25, -0.2) is 4.98 Å². The largest absolute Gasteiger partial charge is 0.436 e. The molecule has 0 aliphatic carbocycles. The molecule has 0 N–H and O–H groups in total. The van der Waals surface area contributed by atoms with Crippen LogP contribution in [0.4, 0.5) is 0 Å². The second-order valence-corrected chi connectivity index (χ2v) is 13.7. The zero-order valence-corrected chi connectivity index (χ0v) is 27.8. The van der Waals surface area contributed by atoms with Crippen LogP contribution in [0.5, 0.6) is 0 Å². The summed E-state index contributed by atoms with van der Waals surface area (Å²) in [6.07, 6.45) is 0. The van der Waals surface area contributed by atoms with Crippen molar-refractivity contribution in [2.24, 2.45) is 0 Å². The summed E-state index contributed by atoms with van der Waals surface area (Å²) in [5, 5.41) is 15.3. The van der Waals surface area contributed by atoms with Gasteiger partial charge in [-0.2, -0.15) is 4.98 Å². The molecule has 0 bridgehead atoms. The molecule has 52 heavy (non-hydrogen) atoms. The molecule has 0 saturated heterocycles. The minimum absolute atomic E-state index is 0.520. The van der Waals surface area contributed by atoms with E-state index in [2.05, 4.69) is 150 Å². The van der Waals surface area contributed by atoms with E-state index in [1.165, 1.54) is 59.2 Å². The van der Waals surface area contributed by atoms with Crippen LogP contribution in [-0.4, -0.2) is 14.5 Å². The molecular formula is C48H27N3O. The molecule has 0 radical (unpaired) electrons. The fourth-order valence-corrected chi connectivity index (χ4v) is 8.62. The van der Waals surface area contributed by atoms with Gasteiger partial charge in [0.25, 0.3) is 0 Å². The van der Waals surface area contributed by atoms with E-state index >= 15 is 0 Å². The van der Waals surface area contributed by atoms with Crippen LogP contribution >= 0.6 is 0 Å². The first-order valence-corrected chi connectivity index (χ1v) is 17.7. The summed E-state index contributed by atoms with van der Waals surface area (Å²) >= 11 is 0. The summed E-state index contributed by atoms with van der Waals surface area (Å²) in [5.41, 5.74) is 6.04. The van der Waals surface area contributed by atoms with Crippen LogP contribution in [0.15, 0.2) is 168 Å². The van der Waals surface area contributed by atoms with Crippen LogP contribution in [0.2, 0.25) is 0 Å². The molecule has 0 unspecified atom stereocenters. The van der Waals surface area contributed by atoms with E-state index in [0.717, 1.165) is 50.0 Å². The third-order valence-corrected chi connectivity index (χ3v) is 10.9. The van der Waals surface area contributed by atoms with Crippen molar-refractivity contribution in [1.29, 1.82) is 0 Å². The standard InChI is InChI=1S/C48H27N3O/c1-3-14-30-26-41-39(24-28(30)12-1)40-25-29-13-2-4-15-31(29)27-42(40)51(41)47-45(49-46-37-20-9-10-23-43(37)52-48(46)50-47)38-22-11-21-36-34-17-6-5-16-32(34)33-18-7-8-19-35(33)44(36)38/h1-27H. The van der Waals surface area contributed by atoms with Gasteiger partial charge in [0.15, 0.2) is 5.82 Å². The summed E-state index contributed by atoms with van der Waals surface area (Å²) in [6.45, 7) is 0. The average Bonchev–Trinajstić information content (AvgIpc) is 3.72. The lowest BCUT2D eigenvalue weighted by molar-refractivity contribution is 0.652. The molecule has 12 rings (SSSR count). The van der Waals surface area contributed by atoms with Crippen LogP contribution < -0.4 is 0 Å². The SMILES string of the molecule is c1ccc2cc3c(cc2c1)c1cc2ccccc2cc1n3-c1nc2oc3ccccc3c2nc1-c1cccc2c3ccccc3c3ccccc3c12. The van der Waals surface area contributed by atoms with Gasteiger partial charge in [-0.15, -0.1) is 0 Å². The summed E-state index contributed by atoms with van der Waals surface area (Å²) in [6, 6.07) is 58.6. The number of benzene rings is 9. The van der Waals surface area contributed by atoms with Crippen LogP contribution in [-0.2, 0) is 0 Å². The number of hydrogen-bond acceptors (Lipinski definition) is 3. The third kappa shape index (κ3) is 3.75. The molecule has 0 aliphatic rings. The normalized spacial score (nSPS) is 12.2. The third-order valence-electron chi connectivity index (χ3n) is 10.9. The molecule has 12 aromatic rings. The van der Waals surface area contributed by atoms with E-state index in [1.807, 2.05) is 18.2 Å². The van der Waals surface area contributed by atoms with Crippen molar-refractivity contribution in [3.63, 3.8) is 0 Å². The predicted octanol–water partition coefficient (Wildman–Crippen LogP) is 12.9. The maximum atomic E-state index is 6.48. The Bertz CT molecular complexity index is 3340. The van der Waals surface area contributed by atoms with Crippen LogP contribution in [0.1, 0.15) is 0 Å². The molecule has 3 aromatic heterocycles. The second-order valence-electron chi connectivity index (χ2n) is 13.7. The number of hydrogen-bond donors (Lipinski definition) is 0. The van der Waals surface area contributed by atoms with Gasteiger partial charge in [0, 0.05) is 21.7 Å². The van der Waals surface area contributed by atoms with Crippen LogP contribution in [0.25, 0.3) is 115 Å². The van der Waals surface area contributed by atoms with Gasteiger partial charge in [0.2, 0.25) is 5.71 Å². The van der Waals surface area contributed by atoms with Gasteiger partial charge in [0.1, 0.15) is 16.8 Å². The molecule has 240 valence electrons. The molecule has 0 saturated carbocycles. The predicted molar refractivity (Wildman–Crippen MR) is 217 cm³/mol. The highest BCUT2D eigenvalue weighted by Crippen LogP contribution is 2.44. The number of aromatic nitrogens is 3. The zero-order valence-electron chi connectivity index (χ0n) is 27.8. The van der Waals surface area contributed by atoms with Crippen molar-refractivity contribution >= 4 is 97.9 Å². The molecular weight excluding hydrogens is 635 g/mol. The Kier molecular flexibility index (Phi) is 5.47. The highest BCUT2D eigenvalue weighted by molar-refractivity contribution is 6.28. The van der Waals surface area contributed by atoms with Crippen molar-refractivity contribution in [3.05, 3.63) is 164 Å². The lowest BCUT2D eigenvalue weighted by atomic mass is 9.90. The fraction of sp³-hybridized carbons (Fsp3) is 0. The topological polar surface area (TPSA) is 43.9 Å². The number of para-hydroxylation sites is 1. The maximum Gasteiger partial charge on any atom is 0.248 e. The van der Waals surface area contributed by atoms with E-state index in [1.54, 1.807) is 0 Å². The quantitative estimate of drug-likeness (QED) is 0.173. The fourth-order valence-electron chi connectivity index (χ4n) is 8.62. The number of rotatable bonds is 2. The van der Waals surface area contributed by atoms with Crippen molar-refractivity contribution in [3.8, 4) is 17.1 Å². The molecule has 0 atom stereocenters. The van der Waals surface area contributed by atoms with Crippen LogP contribution in [0, 0.1) is 0 Å². The Morgan fingerprint density at radius 1 is 0.404 bits per heavy atom. The molecule has 0 amide bonds. The first-order chi connectivity index (χ1) is 25.8. The summed E-state index contributed by atoms with van der Waals surface area (Å²) in [7, 11) is 0. The van der Waals surface area contributed by atoms with E-state index in [-0.39, 0.29) is 0 Å². The van der Waals surface area contributed by atoms with E-state index < -0.39 is 0 Å². The van der Waals surface area contributed by atoms with Crippen molar-refractivity contribution in [1.82, 2.24) is 14.5 Å². The Morgan fingerprint density at radius 2 is 0.885 bits per heavy atom. The Morgan fingerprint density at radius 3 is 1.50 bits per heavy atom. The minimum atomic E-state index is 0.520. The maximum absolute atomic E-state index is 6.48. The molecule has 9 aromatic carbocycles. The van der Waals surface area contributed by atoms with E-state index in [0.29, 0.717) is 5.71 Å². The minimum Gasteiger partial charge on any atom is -0.436 e. The first-order valence-electron chi connectivity index (χ1n) is 17.7. The molecule has 0 fully saturated rings. The number of nitrogens with zero attached hydrogens (tertiary/aromatic N) is 3. The lowest BCUT2D eigenvalue weighted by Gasteiger charge is -2.17. The zero-order chi connectivity index (χ0) is 33.9. The molecule has 4 heteroatoms. The molecule has 4 nitrogen and oxygen atoms in total. The summed E-state index contributed by atoms with van der Waals surface area (Å²) in [4.78, 5) is 11.1. The highest BCUT2D eigenvalue weighted by Gasteiger charge is 2.24. The first kappa shape index (κ1) is 27.7. The van der Waals surface area contributed by atoms with Crippen molar-refractivity contribution < 1.29 is 4.42 Å². The van der Waals surface area contributed by atoms with Crippen LogP contribution in [0.3, 0.4) is 0 Å². The monoisotopic (exact) mass is 661 g/mol. The Labute approximate surface area is 296 Å². The van der Waals surface area contributed by atoms with E-state index in [9.17, 15) is 0 Å². The smallest absolute Gasteiger partial charge is 0.248 e. The molecule has 0 spiro atoms. The van der Waals surface area contributed by atoms with E-state index in [4.69, 9.17) is 14.4 Å². The number of fused-ring (bicyclic) bond motifs is 14. The lowest BCUT2D eigenvalue weighted by Crippen LogP contribution is -2.03. The van der Waals surface area contributed by atoms with Gasteiger partial charge in [-0.1, -0.05) is 127 Å². The Balaban J connectivity index is 1.31. The molecule has 0 aliphatic heterocycles. The van der Waals surface area contributed by atoms with Gasteiger partial charge < -0.3 is 4.42 Å². The molecule has 3 heterocycles. The average molecular weight is 662 g/mol. The summed E-state index contributed by atoms with van der Waals surface area (Å²) < 4.78 is 8.80. The highest BCUT2D eigenvalue weighted by atomic mass is 16.3. The van der Waals surface area contributed by atoms with Gasteiger partial charge in [-0.05, 0) is 90.3 Å². The van der Waals surface area contributed by atoms with Gasteiger partial charge in [-0.3, -0.25) is 4.57 Å². The van der Waals surface area contributed by atoms with Crippen molar-refractivity contribution in [2.45, 2.75) is 0 Å². The van der Waals surface area contributed by atoms with Gasteiger partial charge in [0.05, 0.1) is 11.0 Å². The summed E-state index contributed by atoms with van der Waals surface area (Å²) in [5.74, 6) is 0.738.